The summed E-state index contributed by atoms with van der Waals surface area (Å²) in [5, 5.41) is 14.1. The first-order chi connectivity index (χ1) is 9.70. The number of ether oxygens (including phenoxy) is 1. The normalized spacial score (nSPS) is 25.4. The standard InChI is InChI=1S/C15H20N4O/c1-3-20-13-8-12(16)14(13)17-15-11-7-5-4-6-10(11)9(2)18-19-15/h4-7,12-14H,3,8,16H2,1-2H3,(H,17,19). The molecule has 5 nitrogen and oxygen atoms in total. The fourth-order valence-corrected chi connectivity index (χ4v) is 2.73. The van der Waals surface area contributed by atoms with E-state index in [9.17, 15) is 0 Å². The van der Waals surface area contributed by atoms with Gasteiger partial charge in [-0.05, 0) is 20.3 Å². The van der Waals surface area contributed by atoms with Crippen molar-refractivity contribution in [3.63, 3.8) is 0 Å². The molecule has 0 saturated heterocycles. The van der Waals surface area contributed by atoms with E-state index in [2.05, 4.69) is 27.6 Å². The second kappa shape index (κ2) is 5.34. The van der Waals surface area contributed by atoms with Gasteiger partial charge in [-0.2, -0.15) is 5.10 Å². The van der Waals surface area contributed by atoms with E-state index in [4.69, 9.17) is 10.5 Å². The topological polar surface area (TPSA) is 73.1 Å². The van der Waals surface area contributed by atoms with Crippen LogP contribution in [0.25, 0.3) is 10.8 Å². The highest BCUT2D eigenvalue weighted by Crippen LogP contribution is 2.29. The molecule has 3 atom stereocenters. The Morgan fingerprint density at radius 1 is 1.30 bits per heavy atom. The minimum atomic E-state index is 0.105. The highest BCUT2D eigenvalue weighted by atomic mass is 16.5. The van der Waals surface area contributed by atoms with E-state index in [1.807, 2.05) is 26.0 Å². The molecule has 20 heavy (non-hydrogen) atoms. The van der Waals surface area contributed by atoms with Crippen LogP contribution in [-0.4, -0.2) is 35.0 Å². The number of benzene rings is 1. The highest BCUT2D eigenvalue weighted by molar-refractivity contribution is 5.93. The summed E-state index contributed by atoms with van der Waals surface area (Å²) >= 11 is 0. The van der Waals surface area contributed by atoms with Gasteiger partial charge in [-0.25, -0.2) is 0 Å². The maximum absolute atomic E-state index is 6.07. The average Bonchev–Trinajstić information content (AvgIpc) is 2.47. The molecule has 0 amide bonds. The molecule has 106 valence electrons. The predicted molar refractivity (Wildman–Crippen MR) is 79.7 cm³/mol. The molecule has 1 fully saturated rings. The molecule has 2 aromatic rings. The van der Waals surface area contributed by atoms with E-state index in [1.165, 1.54) is 0 Å². The van der Waals surface area contributed by atoms with Gasteiger partial charge in [0.2, 0.25) is 0 Å². The summed E-state index contributed by atoms with van der Waals surface area (Å²) in [6, 6.07) is 8.35. The largest absolute Gasteiger partial charge is 0.376 e. The Balaban J connectivity index is 1.89. The molecule has 3 unspecified atom stereocenters. The quantitative estimate of drug-likeness (QED) is 0.888. The number of nitrogens with one attached hydrogen (secondary N) is 1. The zero-order valence-corrected chi connectivity index (χ0v) is 11.8. The van der Waals surface area contributed by atoms with Gasteiger partial charge in [-0.1, -0.05) is 24.3 Å². The fourth-order valence-electron chi connectivity index (χ4n) is 2.73. The van der Waals surface area contributed by atoms with Crippen LogP contribution in [0, 0.1) is 6.92 Å². The lowest BCUT2D eigenvalue weighted by atomic mass is 9.83. The van der Waals surface area contributed by atoms with Gasteiger partial charge < -0.3 is 15.8 Å². The number of nitrogens with zero attached hydrogens (tertiary/aromatic N) is 2. The van der Waals surface area contributed by atoms with Crippen molar-refractivity contribution < 1.29 is 4.74 Å². The van der Waals surface area contributed by atoms with Crippen LogP contribution in [0.3, 0.4) is 0 Å². The number of rotatable bonds is 4. The molecular formula is C15H20N4O. The van der Waals surface area contributed by atoms with Crippen LogP contribution in [0.4, 0.5) is 5.82 Å². The van der Waals surface area contributed by atoms with Crippen LogP contribution in [0.15, 0.2) is 24.3 Å². The molecule has 0 bridgehead atoms. The Bertz CT molecular complexity index is 614. The summed E-state index contributed by atoms with van der Waals surface area (Å²) in [6.45, 7) is 4.68. The first kappa shape index (κ1) is 13.3. The van der Waals surface area contributed by atoms with E-state index >= 15 is 0 Å². The molecule has 0 radical (unpaired) electrons. The van der Waals surface area contributed by atoms with Gasteiger partial charge in [0.1, 0.15) is 0 Å². The zero-order chi connectivity index (χ0) is 14.1. The molecule has 1 aromatic heterocycles. The molecular weight excluding hydrogens is 252 g/mol. The van der Waals surface area contributed by atoms with Crippen LogP contribution in [0.1, 0.15) is 19.0 Å². The number of fused-ring (bicyclic) bond motifs is 1. The third-order valence-electron chi connectivity index (χ3n) is 3.92. The Morgan fingerprint density at radius 3 is 2.75 bits per heavy atom. The van der Waals surface area contributed by atoms with Gasteiger partial charge in [-0.15, -0.1) is 5.10 Å². The Hall–Kier alpha value is -1.72. The number of aromatic nitrogens is 2. The lowest BCUT2D eigenvalue weighted by Gasteiger charge is -2.42. The smallest absolute Gasteiger partial charge is 0.156 e. The molecule has 3 rings (SSSR count). The SMILES string of the molecule is CCOC1CC(N)C1Nc1nnc(C)c2ccccc12. The molecule has 3 N–H and O–H groups in total. The van der Waals surface area contributed by atoms with Crippen molar-refractivity contribution >= 4 is 16.6 Å². The summed E-state index contributed by atoms with van der Waals surface area (Å²) < 4.78 is 5.68. The Labute approximate surface area is 118 Å². The summed E-state index contributed by atoms with van der Waals surface area (Å²) in [5.74, 6) is 0.788. The summed E-state index contributed by atoms with van der Waals surface area (Å²) in [7, 11) is 0. The number of hydrogen-bond acceptors (Lipinski definition) is 5. The van der Waals surface area contributed by atoms with E-state index in [0.29, 0.717) is 6.61 Å². The van der Waals surface area contributed by atoms with E-state index in [1.54, 1.807) is 0 Å². The van der Waals surface area contributed by atoms with Gasteiger partial charge in [-0.3, -0.25) is 0 Å². The van der Waals surface area contributed by atoms with Crippen LogP contribution in [-0.2, 0) is 4.74 Å². The summed E-state index contributed by atoms with van der Waals surface area (Å²) in [6.07, 6.45) is 1.06. The third kappa shape index (κ3) is 2.23. The maximum atomic E-state index is 6.07. The Kier molecular flexibility index (Phi) is 3.54. The maximum Gasteiger partial charge on any atom is 0.156 e. The lowest BCUT2D eigenvalue weighted by molar-refractivity contribution is -0.0127. The first-order valence-corrected chi connectivity index (χ1v) is 7.06. The summed E-state index contributed by atoms with van der Waals surface area (Å²) in [5.41, 5.74) is 7.01. The lowest BCUT2D eigenvalue weighted by Crippen LogP contribution is -2.60. The van der Waals surface area contributed by atoms with Crippen molar-refractivity contribution in [3.8, 4) is 0 Å². The summed E-state index contributed by atoms with van der Waals surface area (Å²) in [4.78, 5) is 0. The molecule has 1 aliphatic rings. The monoisotopic (exact) mass is 272 g/mol. The van der Waals surface area contributed by atoms with E-state index in [0.717, 1.165) is 28.7 Å². The van der Waals surface area contributed by atoms with E-state index < -0.39 is 0 Å². The van der Waals surface area contributed by atoms with Crippen molar-refractivity contribution in [1.29, 1.82) is 0 Å². The molecule has 0 aliphatic heterocycles. The zero-order valence-electron chi connectivity index (χ0n) is 11.8. The van der Waals surface area contributed by atoms with Gasteiger partial charge in [0.15, 0.2) is 5.82 Å². The molecule has 1 saturated carbocycles. The van der Waals surface area contributed by atoms with Crippen LogP contribution in [0.2, 0.25) is 0 Å². The second-order valence-corrected chi connectivity index (χ2v) is 5.24. The second-order valence-electron chi connectivity index (χ2n) is 5.24. The van der Waals surface area contributed by atoms with Crippen molar-refractivity contribution in [2.45, 2.75) is 38.5 Å². The average molecular weight is 272 g/mol. The Morgan fingerprint density at radius 2 is 2.05 bits per heavy atom. The number of anilines is 1. The van der Waals surface area contributed by atoms with Crippen LogP contribution >= 0.6 is 0 Å². The van der Waals surface area contributed by atoms with Gasteiger partial charge in [0.05, 0.1) is 17.8 Å². The minimum Gasteiger partial charge on any atom is -0.376 e. The van der Waals surface area contributed by atoms with Crippen molar-refractivity contribution in [3.05, 3.63) is 30.0 Å². The van der Waals surface area contributed by atoms with Crippen molar-refractivity contribution in [2.75, 3.05) is 11.9 Å². The fraction of sp³-hybridized carbons (Fsp3) is 0.467. The third-order valence-corrected chi connectivity index (χ3v) is 3.92. The highest BCUT2D eigenvalue weighted by Gasteiger charge is 2.39. The number of aryl methyl sites for hydroxylation is 1. The van der Waals surface area contributed by atoms with Crippen molar-refractivity contribution in [2.24, 2.45) is 5.73 Å². The van der Waals surface area contributed by atoms with E-state index in [-0.39, 0.29) is 18.2 Å². The number of nitrogens with two attached hydrogens (primary N) is 1. The molecule has 0 spiro atoms. The van der Waals surface area contributed by atoms with Gasteiger partial charge in [0, 0.05) is 23.4 Å². The minimum absolute atomic E-state index is 0.105. The molecule has 1 heterocycles. The van der Waals surface area contributed by atoms with Gasteiger partial charge >= 0.3 is 0 Å². The first-order valence-electron chi connectivity index (χ1n) is 7.06. The predicted octanol–water partition coefficient (Wildman–Crippen LogP) is 1.85. The van der Waals surface area contributed by atoms with Crippen LogP contribution in [0.5, 0.6) is 0 Å². The molecule has 1 aromatic carbocycles. The molecule has 5 heteroatoms. The molecule has 1 aliphatic carbocycles. The number of hydrogen-bond donors (Lipinski definition) is 2. The van der Waals surface area contributed by atoms with Gasteiger partial charge in [0.25, 0.3) is 0 Å². The van der Waals surface area contributed by atoms with Crippen molar-refractivity contribution in [1.82, 2.24) is 10.2 Å². The van der Waals surface area contributed by atoms with Crippen LogP contribution < -0.4 is 11.1 Å².